The second kappa shape index (κ2) is 9.27. The molecule has 2 N–H and O–H groups in total. The van der Waals surface area contributed by atoms with Crippen LogP contribution in [0.25, 0.3) is 0 Å². The van der Waals surface area contributed by atoms with E-state index in [1.54, 1.807) is 0 Å². The van der Waals surface area contributed by atoms with Crippen molar-refractivity contribution in [2.45, 2.75) is 38.5 Å². The lowest BCUT2D eigenvalue weighted by molar-refractivity contribution is -0.125. The van der Waals surface area contributed by atoms with Crippen LogP contribution in [0.2, 0.25) is 0 Å². The van der Waals surface area contributed by atoms with E-state index >= 15 is 0 Å². The number of nitrogens with two attached hydrogens (primary N) is 1. The van der Waals surface area contributed by atoms with E-state index in [4.69, 9.17) is 5.73 Å². The van der Waals surface area contributed by atoms with Crippen molar-refractivity contribution in [3.05, 3.63) is 87.8 Å². The minimum absolute atomic E-state index is 0.0716. The lowest BCUT2D eigenvalue weighted by Gasteiger charge is -2.21. The fourth-order valence-corrected chi connectivity index (χ4v) is 5.46. The average molecular weight is 433 g/mol. The molecule has 0 saturated heterocycles. The maximum atomic E-state index is 13.4. The number of thiophene rings is 1. The number of fused-ring (bicyclic) bond motifs is 1. The highest BCUT2D eigenvalue weighted by Crippen LogP contribution is 2.40. The normalized spacial score (nSPS) is 12.8. The Balaban J connectivity index is 1.75. The van der Waals surface area contributed by atoms with Crippen molar-refractivity contribution in [3.63, 3.8) is 0 Å². The number of aryl methyl sites for hydroxylation is 1. The molecule has 0 saturated carbocycles. The van der Waals surface area contributed by atoms with Crippen molar-refractivity contribution in [3.8, 4) is 0 Å². The molecule has 3 aromatic rings. The van der Waals surface area contributed by atoms with Gasteiger partial charge in [-0.3, -0.25) is 14.4 Å². The van der Waals surface area contributed by atoms with Gasteiger partial charge in [-0.05, 0) is 42.4 Å². The van der Waals surface area contributed by atoms with Crippen LogP contribution in [0, 0.1) is 0 Å². The summed E-state index contributed by atoms with van der Waals surface area (Å²) in [5.74, 6) is -1.29. The first-order valence-corrected chi connectivity index (χ1v) is 11.2. The van der Waals surface area contributed by atoms with Gasteiger partial charge in [0.1, 0.15) is 5.00 Å². The van der Waals surface area contributed by atoms with Gasteiger partial charge in [-0.15, -0.1) is 11.3 Å². The van der Waals surface area contributed by atoms with Crippen LogP contribution in [0.3, 0.4) is 0 Å². The molecule has 158 valence electrons. The number of hydrogen-bond donors (Lipinski definition) is 1. The molecule has 1 aliphatic rings. The first-order valence-electron chi connectivity index (χ1n) is 10.4. The highest BCUT2D eigenvalue weighted by molar-refractivity contribution is 7.17. The number of benzene rings is 2. The number of rotatable bonds is 6. The van der Waals surface area contributed by atoms with Gasteiger partial charge in [0.2, 0.25) is 11.8 Å². The third-order valence-corrected chi connectivity index (χ3v) is 6.77. The van der Waals surface area contributed by atoms with Gasteiger partial charge in [0.05, 0.1) is 18.4 Å². The molecule has 0 unspecified atom stereocenters. The molecular weight excluding hydrogens is 408 g/mol. The zero-order valence-electron chi connectivity index (χ0n) is 17.2. The van der Waals surface area contributed by atoms with E-state index in [0.29, 0.717) is 10.6 Å². The van der Waals surface area contributed by atoms with Gasteiger partial charge in [-0.2, -0.15) is 0 Å². The Bertz CT molecular complexity index is 1050. The molecule has 3 amide bonds. The number of carbonyl (C=O) groups is 3. The molecule has 6 heteroatoms. The lowest BCUT2D eigenvalue weighted by atomic mass is 9.95. The molecule has 4 rings (SSSR count). The minimum atomic E-state index is -0.584. The molecule has 31 heavy (non-hydrogen) atoms. The molecule has 0 atom stereocenters. The molecular formula is C25H24N2O3S. The van der Waals surface area contributed by atoms with Crippen LogP contribution in [-0.2, 0) is 35.3 Å². The minimum Gasteiger partial charge on any atom is -0.365 e. The van der Waals surface area contributed by atoms with Gasteiger partial charge in [-0.1, -0.05) is 60.7 Å². The van der Waals surface area contributed by atoms with Crippen molar-refractivity contribution in [2.24, 2.45) is 5.73 Å². The van der Waals surface area contributed by atoms with Crippen molar-refractivity contribution < 1.29 is 14.4 Å². The van der Waals surface area contributed by atoms with Crippen LogP contribution >= 0.6 is 11.3 Å². The number of carbonyl (C=O) groups excluding carboxylic acids is 3. The lowest BCUT2D eigenvalue weighted by Crippen LogP contribution is -2.39. The molecule has 0 radical (unpaired) electrons. The SMILES string of the molecule is NC(=O)c1c(N(C(=O)Cc2ccccc2)C(=O)Cc2ccccc2)sc2c1CCCC2. The Morgan fingerprint density at radius 1 is 0.806 bits per heavy atom. The molecule has 0 bridgehead atoms. The van der Waals surface area contributed by atoms with Crippen LogP contribution in [0.4, 0.5) is 5.00 Å². The van der Waals surface area contributed by atoms with Crippen LogP contribution < -0.4 is 10.6 Å². The van der Waals surface area contributed by atoms with Gasteiger partial charge >= 0.3 is 0 Å². The smallest absolute Gasteiger partial charge is 0.252 e. The Morgan fingerprint density at radius 2 is 1.32 bits per heavy atom. The standard InChI is InChI=1S/C25H24N2O3S/c26-24(30)23-19-13-7-8-14-20(19)31-25(23)27(21(28)15-17-9-3-1-4-10-17)22(29)16-18-11-5-2-6-12-18/h1-6,9-12H,7-8,13-16H2,(H2,26,30). The quantitative estimate of drug-likeness (QED) is 0.638. The zero-order valence-corrected chi connectivity index (χ0v) is 18.0. The number of imide groups is 1. The first-order chi connectivity index (χ1) is 15.0. The summed E-state index contributed by atoms with van der Waals surface area (Å²) in [6.07, 6.45) is 3.73. The number of primary amides is 1. The second-order valence-electron chi connectivity index (χ2n) is 7.70. The summed E-state index contributed by atoms with van der Waals surface area (Å²) in [6, 6.07) is 18.6. The third-order valence-electron chi connectivity index (χ3n) is 5.50. The van der Waals surface area contributed by atoms with Gasteiger partial charge in [-0.25, -0.2) is 4.90 Å². The Hall–Kier alpha value is -3.25. The van der Waals surface area contributed by atoms with E-state index in [2.05, 4.69) is 0 Å². The highest BCUT2D eigenvalue weighted by Gasteiger charge is 2.33. The van der Waals surface area contributed by atoms with Crippen molar-refractivity contribution in [1.82, 2.24) is 0 Å². The van der Waals surface area contributed by atoms with Crippen molar-refractivity contribution in [1.29, 1.82) is 0 Å². The molecule has 0 aliphatic heterocycles. The highest BCUT2D eigenvalue weighted by atomic mass is 32.1. The van der Waals surface area contributed by atoms with Gasteiger partial charge < -0.3 is 5.73 Å². The topological polar surface area (TPSA) is 80.5 Å². The largest absolute Gasteiger partial charge is 0.365 e. The summed E-state index contributed by atoms with van der Waals surface area (Å²) >= 11 is 1.36. The van der Waals surface area contributed by atoms with Gasteiger partial charge in [0, 0.05) is 4.88 Å². The van der Waals surface area contributed by atoms with Gasteiger partial charge in [0.25, 0.3) is 5.91 Å². The number of hydrogen-bond acceptors (Lipinski definition) is 4. The van der Waals surface area contributed by atoms with Crippen molar-refractivity contribution >= 4 is 34.1 Å². The molecule has 5 nitrogen and oxygen atoms in total. The zero-order chi connectivity index (χ0) is 21.8. The summed E-state index contributed by atoms with van der Waals surface area (Å²) in [4.78, 5) is 41.4. The fraction of sp³-hybridized carbons (Fsp3) is 0.240. The Kier molecular flexibility index (Phi) is 6.28. The fourth-order valence-electron chi connectivity index (χ4n) is 4.03. The molecule has 1 heterocycles. The van der Waals surface area contributed by atoms with E-state index < -0.39 is 5.91 Å². The summed E-state index contributed by atoms with van der Waals surface area (Å²) in [6.45, 7) is 0. The summed E-state index contributed by atoms with van der Waals surface area (Å²) < 4.78 is 0. The van der Waals surface area contributed by atoms with Crippen LogP contribution in [0.15, 0.2) is 60.7 Å². The summed E-state index contributed by atoms with van der Waals surface area (Å²) in [7, 11) is 0. The van der Waals surface area contributed by atoms with Crippen LogP contribution in [0.5, 0.6) is 0 Å². The number of amides is 3. The monoisotopic (exact) mass is 432 g/mol. The van der Waals surface area contributed by atoms with E-state index in [-0.39, 0.29) is 24.7 Å². The second-order valence-corrected chi connectivity index (χ2v) is 8.79. The van der Waals surface area contributed by atoms with Gasteiger partial charge in [0.15, 0.2) is 0 Å². The first kappa shape index (κ1) is 21.0. The summed E-state index contributed by atoms with van der Waals surface area (Å²) in [5, 5.41) is 0.376. The van der Waals surface area contributed by atoms with Crippen molar-refractivity contribution in [2.75, 3.05) is 4.90 Å². The maximum Gasteiger partial charge on any atom is 0.252 e. The molecule has 1 aromatic heterocycles. The summed E-state index contributed by atoms with van der Waals surface area (Å²) in [5.41, 5.74) is 8.61. The molecule has 0 spiro atoms. The van der Waals surface area contributed by atoms with E-state index in [1.807, 2.05) is 60.7 Å². The Labute approximate surface area is 185 Å². The number of nitrogens with zero attached hydrogens (tertiary/aromatic N) is 1. The molecule has 2 aromatic carbocycles. The third kappa shape index (κ3) is 4.59. The van der Waals surface area contributed by atoms with E-state index in [9.17, 15) is 14.4 Å². The molecule has 1 aliphatic carbocycles. The van der Waals surface area contributed by atoms with E-state index in [1.165, 1.54) is 16.2 Å². The predicted octanol–water partition coefficient (Wildman–Crippen LogP) is 4.07. The van der Waals surface area contributed by atoms with E-state index in [0.717, 1.165) is 47.3 Å². The van der Waals surface area contributed by atoms with Crippen LogP contribution in [0.1, 0.15) is 44.8 Å². The predicted molar refractivity (Wildman–Crippen MR) is 122 cm³/mol. The Morgan fingerprint density at radius 3 is 1.84 bits per heavy atom. The number of anilines is 1. The van der Waals surface area contributed by atoms with Crippen LogP contribution in [-0.4, -0.2) is 17.7 Å². The molecule has 0 fully saturated rings. The maximum absolute atomic E-state index is 13.4. The average Bonchev–Trinajstić information content (AvgIpc) is 3.14.